The van der Waals surface area contributed by atoms with Gasteiger partial charge in [-0.3, -0.25) is 14.5 Å². The van der Waals surface area contributed by atoms with Gasteiger partial charge in [0.15, 0.2) is 0 Å². The van der Waals surface area contributed by atoms with Gasteiger partial charge in [-0.05, 0) is 57.0 Å². The summed E-state index contributed by atoms with van der Waals surface area (Å²) in [5, 5.41) is 3.00. The fourth-order valence-electron chi connectivity index (χ4n) is 3.62. The van der Waals surface area contributed by atoms with Gasteiger partial charge in [0.05, 0.1) is 0 Å². The average molecular weight is 329 g/mol. The predicted octanol–water partition coefficient (Wildman–Crippen LogP) is 2.42. The van der Waals surface area contributed by atoms with Crippen LogP contribution in [0.25, 0.3) is 0 Å². The smallest absolute Gasteiger partial charge is 0.251 e. The van der Waals surface area contributed by atoms with Gasteiger partial charge >= 0.3 is 0 Å². The van der Waals surface area contributed by atoms with E-state index < -0.39 is 0 Å². The van der Waals surface area contributed by atoms with Crippen molar-refractivity contribution in [3.63, 3.8) is 0 Å². The SMILES string of the molecule is CC1CCCCN1CCNC(=O)c1ccc(N2CCCC2=O)cc1. The number of likely N-dealkylation sites (tertiary alicyclic amines) is 1. The lowest BCUT2D eigenvalue weighted by Gasteiger charge is -2.33. The van der Waals surface area contributed by atoms with Crippen molar-refractivity contribution in [2.24, 2.45) is 0 Å². The van der Waals surface area contributed by atoms with Crippen molar-refractivity contribution in [2.75, 3.05) is 31.1 Å². The van der Waals surface area contributed by atoms with Crippen molar-refractivity contribution < 1.29 is 9.59 Å². The van der Waals surface area contributed by atoms with Gasteiger partial charge < -0.3 is 10.2 Å². The second-order valence-corrected chi connectivity index (χ2v) is 6.83. The van der Waals surface area contributed by atoms with Crippen molar-refractivity contribution in [2.45, 2.75) is 45.1 Å². The zero-order chi connectivity index (χ0) is 16.9. The normalized spacial score (nSPS) is 22.0. The summed E-state index contributed by atoms with van der Waals surface area (Å²) in [6.45, 7) is 5.76. The Morgan fingerprint density at radius 3 is 2.62 bits per heavy atom. The molecule has 1 aromatic rings. The van der Waals surface area contributed by atoms with Crippen LogP contribution in [0.3, 0.4) is 0 Å². The molecule has 130 valence electrons. The van der Waals surface area contributed by atoms with E-state index in [4.69, 9.17) is 0 Å². The van der Waals surface area contributed by atoms with Crippen molar-refractivity contribution in [1.29, 1.82) is 0 Å². The molecule has 1 atom stereocenters. The number of carbonyl (C=O) groups excluding carboxylic acids is 2. The molecule has 2 amide bonds. The molecule has 5 nitrogen and oxygen atoms in total. The molecule has 3 rings (SSSR count). The predicted molar refractivity (Wildman–Crippen MR) is 95.2 cm³/mol. The standard InChI is InChI=1S/C19H27N3O2/c1-15-5-2-3-12-21(15)14-11-20-19(24)16-7-9-17(10-8-16)22-13-4-6-18(22)23/h7-10,15H,2-6,11-14H2,1H3,(H,20,24). The van der Waals surface area contributed by atoms with Crippen molar-refractivity contribution in [1.82, 2.24) is 10.2 Å². The van der Waals surface area contributed by atoms with E-state index in [9.17, 15) is 9.59 Å². The van der Waals surface area contributed by atoms with E-state index in [0.717, 1.165) is 31.7 Å². The molecule has 0 saturated carbocycles. The molecule has 0 aliphatic carbocycles. The summed E-state index contributed by atoms with van der Waals surface area (Å²) in [5.41, 5.74) is 1.54. The summed E-state index contributed by atoms with van der Waals surface area (Å²) >= 11 is 0. The minimum atomic E-state index is -0.0426. The first kappa shape index (κ1) is 17.0. The van der Waals surface area contributed by atoms with Crippen molar-refractivity contribution in [3.05, 3.63) is 29.8 Å². The first-order valence-electron chi connectivity index (χ1n) is 9.08. The first-order chi connectivity index (χ1) is 11.6. The van der Waals surface area contributed by atoms with Gasteiger partial charge in [0.25, 0.3) is 5.91 Å². The lowest BCUT2D eigenvalue weighted by Crippen LogP contribution is -2.42. The van der Waals surface area contributed by atoms with Crippen LogP contribution in [-0.2, 0) is 4.79 Å². The molecular formula is C19H27N3O2. The quantitative estimate of drug-likeness (QED) is 0.902. The average Bonchev–Trinajstić information content (AvgIpc) is 3.03. The van der Waals surface area contributed by atoms with Crippen molar-refractivity contribution >= 4 is 17.5 Å². The molecule has 2 aliphatic rings. The van der Waals surface area contributed by atoms with E-state index >= 15 is 0 Å². The molecule has 0 spiro atoms. The van der Waals surface area contributed by atoms with Crippen LogP contribution < -0.4 is 10.2 Å². The van der Waals surface area contributed by atoms with E-state index in [2.05, 4.69) is 17.1 Å². The van der Waals surface area contributed by atoms with E-state index in [-0.39, 0.29) is 11.8 Å². The summed E-state index contributed by atoms with van der Waals surface area (Å²) in [6.07, 6.45) is 5.36. The van der Waals surface area contributed by atoms with Crippen LogP contribution in [0.2, 0.25) is 0 Å². The highest BCUT2D eigenvalue weighted by Gasteiger charge is 2.22. The van der Waals surface area contributed by atoms with Crippen LogP contribution in [0.15, 0.2) is 24.3 Å². The maximum Gasteiger partial charge on any atom is 0.251 e. The third-order valence-electron chi connectivity index (χ3n) is 5.14. The third-order valence-corrected chi connectivity index (χ3v) is 5.14. The summed E-state index contributed by atoms with van der Waals surface area (Å²) in [5.74, 6) is 0.127. The number of nitrogens with one attached hydrogen (secondary N) is 1. The van der Waals surface area contributed by atoms with Gasteiger partial charge in [0.2, 0.25) is 5.91 Å². The van der Waals surface area contributed by atoms with Crippen LogP contribution in [0, 0.1) is 0 Å². The lowest BCUT2D eigenvalue weighted by atomic mass is 10.0. The number of rotatable bonds is 5. The summed E-state index contributed by atoms with van der Waals surface area (Å²) in [7, 11) is 0. The zero-order valence-electron chi connectivity index (χ0n) is 14.5. The molecule has 2 aliphatic heterocycles. The van der Waals surface area contributed by atoms with Crippen molar-refractivity contribution in [3.8, 4) is 0 Å². The monoisotopic (exact) mass is 329 g/mol. The van der Waals surface area contributed by atoms with Gasteiger partial charge in [0, 0.05) is 43.3 Å². The zero-order valence-corrected chi connectivity index (χ0v) is 14.5. The van der Waals surface area contributed by atoms with Crippen LogP contribution >= 0.6 is 0 Å². The Morgan fingerprint density at radius 2 is 1.96 bits per heavy atom. The van der Waals surface area contributed by atoms with Crippen LogP contribution in [0.5, 0.6) is 0 Å². The highest BCUT2D eigenvalue weighted by Crippen LogP contribution is 2.21. The van der Waals surface area contributed by atoms with Crippen LogP contribution in [0.1, 0.15) is 49.4 Å². The summed E-state index contributed by atoms with van der Waals surface area (Å²) < 4.78 is 0. The molecule has 0 radical (unpaired) electrons. The number of hydrogen-bond acceptors (Lipinski definition) is 3. The van der Waals surface area contributed by atoms with Crippen LogP contribution in [0.4, 0.5) is 5.69 Å². The number of carbonyl (C=O) groups is 2. The number of nitrogens with zero attached hydrogens (tertiary/aromatic N) is 2. The van der Waals surface area contributed by atoms with E-state index in [1.54, 1.807) is 17.0 Å². The molecule has 1 N–H and O–H groups in total. The van der Waals surface area contributed by atoms with Gasteiger partial charge in [0.1, 0.15) is 0 Å². The molecule has 24 heavy (non-hydrogen) atoms. The van der Waals surface area contributed by atoms with Gasteiger partial charge in [-0.15, -0.1) is 0 Å². The molecule has 1 aromatic carbocycles. The topological polar surface area (TPSA) is 52.7 Å². The molecule has 2 fully saturated rings. The van der Waals surface area contributed by atoms with Gasteiger partial charge in [-0.2, -0.15) is 0 Å². The second-order valence-electron chi connectivity index (χ2n) is 6.83. The molecule has 2 saturated heterocycles. The van der Waals surface area contributed by atoms with E-state index in [1.165, 1.54) is 19.3 Å². The Kier molecular flexibility index (Phi) is 5.51. The minimum Gasteiger partial charge on any atom is -0.351 e. The number of anilines is 1. The maximum atomic E-state index is 12.3. The second kappa shape index (κ2) is 7.79. The number of benzene rings is 1. The Morgan fingerprint density at radius 1 is 1.17 bits per heavy atom. The molecule has 0 aromatic heterocycles. The highest BCUT2D eigenvalue weighted by atomic mass is 16.2. The highest BCUT2D eigenvalue weighted by molar-refractivity contribution is 5.97. The van der Waals surface area contributed by atoms with E-state index in [1.807, 2.05) is 12.1 Å². The Hall–Kier alpha value is -1.88. The fourth-order valence-corrected chi connectivity index (χ4v) is 3.62. The van der Waals surface area contributed by atoms with E-state index in [0.29, 0.717) is 24.6 Å². The molecule has 1 unspecified atom stereocenters. The number of amides is 2. The molecule has 5 heteroatoms. The van der Waals surface area contributed by atoms with Crippen LogP contribution in [-0.4, -0.2) is 48.9 Å². The first-order valence-corrected chi connectivity index (χ1v) is 9.08. The Bertz CT molecular complexity index is 585. The van der Waals surface area contributed by atoms with Gasteiger partial charge in [-0.25, -0.2) is 0 Å². The molecule has 0 bridgehead atoms. The Labute approximate surface area is 144 Å². The molecular weight excluding hydrogens is 302 g/mol. The largest absolute Gasteiger partial charge is 0.351 e. The molecule has 2 heterocycles. The summed E-state index contributed by atoms with van der Waals surface area (Å²) in [4.78, 5) is 28.2. The number of hydrogen-bond donors (Lipinski definition) is 1. The summed E-state index contributed by atoms with van der Waals surface area (Å²) in [6, 6.07) is 7.96. The number of piperidine rings is 1. The minimum absolute atomic E-state index is 0.0426. The third kappa shape index (κ3) is 3.96. The fraction of sp³-hybridized carbons (Fsp3) is 0.579. The van der Waals surface area contributed by atoms with Gasteiger partial charge in [-0.1, -0.05) is 6.42 Å². The lowest BCUT2D eigenvalue weighted by molar-refractivity contribution is -0.117. The maximum absolute atomic E-state index is 12.3. The Balaban J connectivity index is 1.49.